The van der Waals surface area contributed by atoms with Crippen molar-refractivity contribution in [3.05, 3.63) is 46.6 Å². The van der Waals surface area contributed by atoms with E-state index >= 15 is 0 Å². The summed E-state index contributed by atoms with van der Waals surface area (Å²) in [6.07, 6.45) is -13.4. The number of benzene rings is 2. The number of rotatable bonds is 7. The normalized spacial score (nSPS) is 35.6. The molecule has 226 valence electrons. The van der Waals surface area contributed by atoms with Crippen molar-refractivity contribution in [3.63, 3.8) is 0 Å². The maximum atomic E-state index is 12.8. The second-order valence-corrected chi connectivity index (χ2v) is 10.3. The van der Waals surface area contributed by atoms with Crippen molar-refractivity contribution in [1.29, 1.82) is 0 Å². The molecule has 1 saturated carbocycles. The Kier molecular flexibility index (Phi) is 7.04. The first-order chi connectivity index (χ1) is 19.9. The molecule has 10 atom stereocenters. The monoisotopic (exact) mass is 592 g/mol. The molecule has 10 unspecified atom stereocenters. The standard InChI is InChI=1S/C27H28O15/c1-37-14-3-2-9(4-11(14)28)15-7-13(30)18-12(29)5-10(6-16(18)40-15)39-25-21(33)20(32)19(31)17(41-25)8-38-26-23(35)27(36)22(34)24(27)42-26/h2-7,17,19-26,28-29,31-36H,8H2,1H3. The first-order valence-electron chi connectivity index (χ1n) is 12.8. The summed E-state index contributed by atoms with van der Waals surface area (Å²) >= 11 is 0. The van der Waals surface area contributed by atoms with Crippen LogP contribution in [-0.2, 0) is 14.2 Å². The largest absolute Gasteiger partial charge is 0.507 e. The van der Waals surface area contributed by atoms with E-state index in [9.17, 15) is 45.6 Å². The van der Waals surface area contributed by atoms with Crippen molar-refractivity contribution in [2.45, 2.75) is 60.9 Å². The zero-order valence-corrected chi connectivity index (χ0v) is 21.8. The van der Waals surface area contributed by atoms with Gasteiger partial charge in [-0.1, -0.05) is 0 Å². The van der Waals surface area contributed by atoms with Crippen molar-refractivity contribution < 1.29 is 69.0 Å². The molecule has 1 aliphatic carbocycles. The van der Waals surface area contributed by atoms with Gasteiger partial charge in [-0.3, -0.25) is 4.79 Å². The van der Waals surface area contributed by atoms with Gasteiger partial charge in [-0.05, 0) is 18.2 Å². The first kappa shape index (κ1) is 28.6. The van der Waals surface area contributed by atoms with Crippen LogP contribution in [0.1, 0.15) is 0 Å². The lowest BCUT2D eigenvalue weighted by atomic mass is 9.99. The van der Waals surface area contributed by atoms with E-state index in [1.54, 1.807) is 6.07 Å². The molecule has 6 rings (SSSR count). The van der Waals surface area contributed by atoms with Crippen LogP contribution < -0.4 is 14.9 Å². The smallest absolute Gasteiger partial charge is 0.229 e. The summed E-state index contributed by atoms with van der Waals surface area (Å²) in [6.45, 7) is -0.485. The molecule has 2 aromatic carbocycles. The van der Waals surface area contributed by atoms with E-state index in [1.165, 1.54) is 25.3 Å². The third kappa shape index (κ3) is 4.55. The Bertz CT molecular complexity index is 1560. The van der Waals surface area contributed by atoms with Crippen LogP contribution in [0, 0.1) is 0 Å². The minimum Gasteiger partial charge on any atom is -0.507 e. The van der Waals surface area contributed by atoms with Crippen LogP contribution in [-0.4, -0.2) is 115 Å². The molecular formula is C27H28O15. The average molecular weight is 593 g/mol. The Morgan fingerprint density at radius 3 is 2.31 bits per heavy atom. The molecule has 42 heavy (non-hydrogen) atoms. The highest BCUT2D eigenvalue weighted by Crippen LogP contribution is 2.50. The van der Waals surface area contributed by atoms with Gasteiger partial charge in [-0.25, -0.2) is 0 Å². The van der Waals surface area contributed by atoms with Crippen LogP contribution in [0.25, 0.3) is 22.3 Å². The van der Waals surface area contributed by atoms with Gasteiger partial charge in [-0.2, -0.15) is 0 Å². The number of methoxy groups -OCH3 is 1. The summed E-state index contributed by atoms with van der Waals surface area (Å²) in [5.41, 5.74) is -2.24. The highest BCUT2D eigenvalue weighted by atomic mass is 16.7. The Labute approximate surface area is 235 Å². The van der Waals surface area contributed by atoms with Gasteiger partial charge >= 0.3 is 0 Å². The van der Waals surface area contributed by atoms with Gasteiger partial charge < -0.3 is 69.0 Å². The fourth-order valence-electron chi connectivity index (χ4n) is 5.21. The van der Waals surface area contributed by atoms with Crippen LogP contribution in [0.4, 0.5) is 0 Å². The first-order valence-corrected chi connectivity index (χ1v) is 12.8. The van der Waals surface area contributed by atoms with Gasteiger partial charge in [0.1, 0.15) is 71.0 Å². The molecule has 2 aliphatic heterocycles. The molecule has 15 heteroatoms. The third-order valence-electron chi connectivity index (χ3n) is 7.71. The SMILES string of the molecule is COc1ccc(-c2cc(=O)c3c(O)cc(OC4OC(COC5OC6C(O)C6(O)C5O)C(O)C(O)C4O)cc3o2)cc1O. The Morgan fingerprint density at radius 1 is 0.881 bits per heavy atom. The minimum absolute atomic E-state index is 0.0536. The van der Waals surface area contributed by atoms with Crippen molar-refractivity contribution in [2.75, 3.05) is 13.7 Å². The molecule has 3 aromatic rings. The predicted octanol–water partition coefficient (Wildman–Crippen LogP) is -1.73. The topological polar surface area (TPSA) is 238 Å². The van der Waals surface area contributed by atoms with Gasteiger partial charge in [0, 0.05) is 23.8 Å². The molecule has 3 aliphatic rings. The number of fused-ring (bicyclic) bond motifs is 2. The maximum Gasteiger partial charge on any atom is 0.229 e. The highest BCUT2D eigenvalue weighted by molar-refractivity contribution is 5.86. The number of aliphatic hydroxyl groups is 6. The lowest BCUT2D eigenvalue weighted by Gasteiger charge is -2.40. The van der Waals surface area contributed by atoms with E-state index in [1.807, 2.05) is 0 Å². The second kappa shape index (κ2) is 10.3. The van der Waals surface area contributed by atoms with E-state index in [2.05, 4.69) is 0 Å². The van der Waals surface area contributed by atoms with E-state index in [0.717, 1.165) is 12.1 Å². The van der Waals surface area contributed by atoms with Crippen LogP contribution >= 0.6 is 0 Å². The molecule has 3 fully saturated rings. The van der Waals surface area contributed by atoms with Gasteiger partial charge in [0.15, 0.2) is 28.8 Å². The van der Waals surface area contributed by atoms with Gasteiger partial charge in [0.2, 0.25) is 6.29 Å². The van der Waals surface area contributed by atoms with Crippen LogP contribution in [0.3, 0.4) is 0 Å². The molecule has 15 nitrogen and oxygen atoms in total. The van der Waals surface area contributed by atoms with Gasteiger partial charge in [0.25, 0.3) is 0 Å². The molecule has 8 N–H and O–H groups in total. The van der Waals surface area contributed by atoms with E-state index in [-0.39, 0.29) is 34.0 Å². The van der Waals surface area contributed by atoms with Crippen molar-refractivity contribution >= 4 is 11.0 Å². The number of hydrogen-bond donors (Lipinski definition) is 8. The van der Waals surface area contributed by atoms with Crippen LogP contribution in [0.5, 0.6) is 23.0 Å². The summed E-state index contributed by atoms with van der Waals surface area (Å²) in [4.78, 5) is 12.8. The van der Waals surface area contributed by atoms with E-state index in [4.69, 9.17) is 28.1 Å². The average Bonchev–Trinajstić information content (AvgIpc) is 3.36. The quantitative estimate of drug-likeness (QED) is 0.152. The molecule has 0 radical (unpaired) electrons. The van der Waals surface area contributed by atoms with Crippen LogP contribution in [0.15, 0.2) is 45.6 Å². The molecule has 2 saturated heterocycles. The third-order valence-corrected chi connectivity index (χ3v) is 7.71. The van der Waals surface area contributed by atoms with Crippen LogP contribution in [0.2, 0.25) is 0 Å². The zero-order valence-electron chi connectivity index (χ0n) is 21.8. The Balaban J connectivity index is 1.21. The van der Waals surface area contributed by atoms with Gasteiger partial charge in [-0.15, -0.1) is 0 Å². The molecule has 1 aromatic heterocycles. The molecular weight excluding hydrogens is 564 g/mol. The van der Waals surface area contributed by atoms with Crippen molar-refractivity contribution in [3.8, 4) is 34.3 Å². The second-order valence-electron chi connectivity index (χ2n) is 10.3. The number of phenolic OH excluding ortho intramolecular Hbond substituents is 2. The zero-order chi connectivity index (χ0) is 30.1. The van der Waals surface area contributed by atoms with Crippen molar-refractivity contribution in [2.24, 2.45) is 0 Å². The molecule has 0 amide bonds. The Morgan fingerprint density at radius 2 is 1.64 bits per heavy atom. The Hall–Kier alpha value is -3.51. The summed E-state index contributed by atoms with van der Waals surface area (Å²) in [6, 6.07) is 7.78. The van der Waals surface area contributed by atoms with E-state index < -0.39 is 78.7 Å². The molecule has 0 bridgehead atoms. The van der Waals surface area contributed by atoms with Crippen molar-refractivity contribution in [1.82, 2.24) is 0 Å². The lowest BCUT2D eigenvalue weighted by molar-refractivity contribution is -0.291. The number of aromatic hydroxyl groups is 2. The minimum atomic E-state index is -1.86. The summed E-state index contributed by atoms with van der Waals surface area (Å²) in [5, 5.41) is 81.7. The number of hydrogen-bond acceptors (Lipinski definition) is 15. The maximum absolute atomic E-state index is 12.8. The fraction of sp³-hybridized carbons (Fsp3) is 0.444. The lowest BCUT2D eigenvalue weighted by Crippen LogP contribution is -2.60. The molecule has 3 heterocycles. The summed E-state index contributed by atoms with van der Waals surface area (Å²) < 4.78 is 32.7. The highest BCUT2D eigenvalue weighted by Gasteiger charge is 2.76. The van der Waals surface area contributed by atoms with Gasteiger partial charge in [0.05, 0.1) is 13.7 Å². The number of aliphatic hydroxyl groups excluding tert-OH is 5. The summed E-state index contributed by atoms with van der Waals surface area (Å²) in [5.74, 6) is -0.595. The number of phenols is 2. The predicted molar refractivity (Wildman–Crippen MR) is 137 cm³/mol. The molecule has 0 spiro atoms. The van der Waals surface area contributed by atoms with E-state index in [0.29, 0.717) is 5.56 Å². The number of ether oxygens (including phenoxy) is 5. The fourth-order valence-corrected chi connectivity index (χ4v) is 5.21. The summed E-state index contributed by atoms with van der Waals surface area (Å²) in [7, 11) is 1.38.